The van der Waals surface area contributed by atoms with Crippen molar-refractivity contribution in [3.63, 3.8) is 0 Å². The van der Waals surface area contributed by atoms with Crippen LogP contribution in [0, 0.1) is 0 Å². The van der Waals surface area contributed by atoms with Crippen LogP contribution in [0.3, 0.4) is 0 Å². The Labute approximate surface area is 130 Å². The van der Waals surface area contributed by atoms with Gasteiger partial charge >= 0.3 is 0 Å². The molecule has 0 atom stereocenters. The molecule has 6 nitrogen and oxygen atoms in total. The Morgan fingerprint density at radius 1 is 0.545 bits per heavy atom. The van der Waals surface area contributed by atoms with Gasteiger partial charge in [0, 0.05) is 35.4 Å². The molecule has 0 saturated carbocycles. The van der Waals surface area contributed by atoms with Gasteiger partial charge in [-0.2, -0.15) is 0 Å². The molecule has 2 aliphatic rings. The highest BCUT2D eigenvalue weighted by Gasteiger charge is 2.34. The Hall–Kier alpha value is -2.24. The predicted octanol–water partition coefficient (Wildman–Crippen LogP) is 1.42. The van der Waals surface area contributed by atoms with Gasteiger partial charge in [-0.25, -0.2) is 0 Å². The molecule has 0 radical (unpaired) electrons. The molecule has 6 heteroatoms. The van der Waals surface area contributed by atoms with Crippen LogP contribution in [-0.4, -0.2) is 44.5 Å². The molecular formula is C16H22N2O4. The van der Waals surface area contributed by atoms with Crippen molar-refractivity contribution >= 4 is 23.6 Å². The van der Waals surface area contributed by atoms with E-state index in [0.717, 1.165) is 0 Å². The fourth-order valence-corrected chi connectivity index (χ4v) is 2.12. The van der Waals surface area contributed by atoms with E-state index in [4.69, 9.17) is 0 Å². The normalized spacial score (nSPS) is 18.3. The molecule has 0 unspecified atom stereocenters. The van der Waals surface area contributed by atoms with Crippen LogP contribution in [0.1, 0.15) is 41.5 Å². The molecule has 0 aliphatic carbocycles. The fourth-order valence-electron chi connectivity index (χ4n) is 2.12. The fraction of sp³-hybridized carbons (Fsp3) is 0.500. The van der Waals surface area contributed by atoms with E-state index < -0.39 is 11.1 Å². The second kappa shape index (κ2) is 5.87. The van der Waals surface area contributed by atoms with E-state index in [9.17, 15) is 19.2 Å². The van der Waals surface area contributed by atoms with Gasteiger partial charge in [0.05, 0.1) is 0 Å². The van der Waals surface area contributed by atoms with E-state index in [0.29, 0.717) is 0 Å². The summed E-state index contributed by atoms with van der Waals surface area (Å²) in [5.74, 6) is -0.880. The first-order valence-electron chi connectivity index (χ1n) is 6.98. The minimum absolute atomic E-state index is 0.220. The number of hydrogen-bond donors (Lipinski definition) is 0. The molecule has 0 aromatic carbocycles. The molecule has 120 valence electrons. The molecule has 0 aromatic rings. The van der Waals surface area contributed by atoms with E-state index in [-0.39, 0.29) is 23.6 Å². The summed E-state index contributed by atoms with van der Waals surface area (Å²) in [6.45, 7) is 11.0. The van der Waals surface area contributed by atoms with Gasteiger partial charge in [-0.15, -0.1) is 0 Å². The molecule has 2 aliphatic heterocycles. The van der Waals surface area contributed by atoms with Crippen LogP contribution >= 0.6 is 0 Å². The zero-order chi connectivity index (χ0) is 17.3. The van der Waals surface area contributed by atoms with Crippen molar-refractivity contribution in [2.45, 2.75) is 52.6 Å². The zero-order valence-corrected chi connectivity index (χ0v) is 13.8. The first-order chi connectivity index (χ1) is 9.85. The first kappa shape index (κ1) is 17.8. The van der Waals surface area contributed by atoms with Gasteiger partial charge in [0.2, 0.25) is 0 Å². The van der Waals surface area contributed by atoms with Crippen molar-refractivity contribution in [2.75, 3.05) is 0 Å². The van der Waals surface area contributed by atoms with Gasteiger partial charge in [0.25, 0.3) is 23.6 Å². The topological polar surface area (TPSA) is 74.8 Å². The quantitative estimate of drug-likeness (QED) is 0.634. The Morgan fingerprint density at radius 2 is 0.727 bits per heavy atom. The van der Waals surface area contributed by atoms with Crippen molar-refractivity contribution in [3.05, 3.63) is 24.3 Å². The van der Waals surface area contributed by atoms with Gasteiger partial charge in [-0.3, -0.25) is 29.0 Å². The van der Waals surface area contributed by atoms with E-state index in [2.05, 4.69) is 0 Å². The molecule has 0 saturated heterocycles. The Morgan fingerprint density at radius 3 is 0.818 bits per heavy atom. The second-order valence-electron chi connectivity index (χ2n) is 7.03. The average molecular weight is 306 g/mol. The van der Waals surface area contributed by atoms with Crippen LogP contribution in [0.5, 0.6) is 0 Å². The molecule has 0 bridgehead atoms. The van der Waals surface area contributed by atoms with Gasteiger partial charge in [-0.05, 0) is 41.5 Å². The van der Waals surface area contributed by atoms with Crippen LogP contribution in [0.4, 0.5) is 0 Å². The zero-order valence-electron chi connectivity index (χ0n) is 13.8. The van der Waals surface area contributed by atoms with Gasteiger partial charge in [-0.1, -0.05) is 0 Å². The van der Waals surface area contributed by atoms with Crippen LogP contribution < -0.4 is 0 Å². The van der Waals surface area contributed by atoms with E-state index in [1.807, 2.05) is 41.5 Å². The van der Waals surface area contributed by atoms with Crippen molar-refractivity contribution < 1.29 is 19.2 Å². The van der Waals surface area contributed by atoms with Crippen LogP contribution in [0.2, 0.25) is 0 Å². The number of nitrogens with zero attached hydrogens (tertiary/aromatic N) is 2. The van der Waals surface area contributed by atoms with E-state index in [1.54, 1.807) is 0 Å². The highest BCUT2D eigenvalue weighted by atomic mass is 16.2. The number of carbonyl (C=O) groups is 4. The SMILES string of the molecule is CC(C)(C)N1C(=O)C=CC1=O.CC(C)(C)N1C(=O)C=CC1=O. The third-order valence-corrected chi connectivity index (χ3v) is 2.96. The lowest BCUT2D eigenvalue weighted by Crippen LogP contribution is -2.45. The molecule has 4 amide bonds. The summed E-state index contributed by atoms with van der Waals surface area (Å²) < 4.78 is 0. The summed E-state index contributed by atoms with van der Waals surface area (Å²) >= 11 is 0. The molecule has 22 heavy (non-hydrogen) atoms. The monoisotopic (exact) mass is 306 g/mol. The maximum Gasteiger partial charge on any atom is 0.254 e. The summed E-state index contributed by atoms with van der Waals surface area (Å²) in [5.41, 5.74) is -0.810. The minimum Gasteiger partial charge on any atom is -0.270 e. The molecule has 0 N–H and O–H groups in total. The second-order valence-corrected chi connectivity index (χ2v) is 7.03. The van der Waals surface area contributed by atoms with Crippen molar-refractivity contribution in [1.29, 1.82) is 0 Å². The van der Waals surface area contributed by atoms with Gasteiger partial charge < -0.3 is 0 Å². The molecular weight excluding hydrogens is 284 g/mol. The van der Waals surface area contributed by atoms with Crippen LogP contribution in [0.15, 0.2) is 24.3 Å². The van der Waals surface area contributed by atoms with E-state index in [1.165, 1.54) is 34.1 Å². The van der Waals surface area contributed by atoms with Crippen molar-refractivity contribution in [3.8, 4) is 0 Å². The minimum atomic E-state index is -0.405. The highest BCUT2D eigenvalue weighted by molar-refractivity contribution is 6.14. The molecule has 0 spiro atoms. The number of imide groups is 2. The van der Waals surface area contributed by atoms with Crippen molar-refractivity contribution in [1.82, 2.24) is 9.80 Å². The average Bonchev–Trinajstić information content (AvgIpc) is 2.81. The lowest BCUT2D eigenvalue weighted by Gasteiger charge is -2.29. The molecule has 2 heterocycles. The largest absolute Gasteiger partial charge is 0.270 e. The summed E-state index contributed by atoms with van der Waals surface area (Å²) in [6.07, 6.45) is 5.20. The van der Waals surface area contributed by atoms with Crippen LogP contribution in [0.25, 0.3) is 0 Å². The van der Waals surface area contributed by atoms with Gasteiger partial charge in [0.15, 0.2) is 0 Å². The molecule has 0 aromatic heterocycles. The number of amides is 4. The predicted molar refractivity (Wildman–Crippen MR) is 81.5 cm³/mol. The molecule has 0 fully saturated rings. The van der Waals surface area contributed by atoms with E-state index >= 15 is 0 Å². The summed E-state index contributed by atoms with van der Waals surface area (Å²) in [6, 6.07) is 0. The third-order valence-electron chi connectivity index (χ3n) is 2.96. The van der Waals surface area contributed by atoms with Gasteiger partial charge in [0.1, 0.15) is 0 Å². The number of hydrogen-bond acceptors (Lipinski definition) is 4. The Balaban J connectivity index is 0.000000220. The summed E-state index contributed by atoms with van der Waals surface area (Å²) in [4.78, 5) is 46.7. The summed E-state index contributed by atoms with van der Waals surface area (Å²) in [5, 5.41) is 0. The number of carbonyl (C=O) groups excluding carboxylic acids is 4. The number of rotatable bonds is 0. The molecule has 2 rings (SSSR count). The lowest BCUT2D eigenvalue weighted by molar-refractivity contribution is -0.143. The maximum absolute atomic E-state index is 11.0. The third kappa shape index (κ3) is 3.90. The van der Waals surface area contributed by atoms with Crippen molar-refractivity contribution in [2.24, 2.45) is 0 Å². The van der Waals surface area contributed by atoms with Crippen LogP contribution in [-0.2, 0) is 19.2 Å². The summed E-state index contributed by atoms with van der Waals surface area (Å²) in [7, 11) is 0. The smallest absolute Gasteiger partial charge is 0.254 e. The Kier molecular flexibility index (Phi) is 4.75. The standard InChI is InChI=1S/2C8H11NO2/c2*1-8(2,3)9-6(10)4-5-7(9)11/h2*4-5H,1-3H3. The Bertz CT molecular complexity index is 486. The highest BCUT2D eigenvalue weighted by Crippen LogP contribution is 2.18. The lowest BCUT2D eigenvalue weighted by atomic mass is 10.1. The maximum atomic E-state index is 11.0. The first-order valence-corrected chi connectivity index (χ1v) is 6.98.